The van der Waals surface area contributed by atoms with Crippen LogP contribution in [0.4, 0.5) is 11.4 Å². The van der Waals surface area contributed by atoms with Gasteiger partial charge in [-0.05, 0) is 75.2 Å². The predicted octanol–water partition coefficient (Wildman–Crippen LogP) is 3.59. The Kier molecular flexibility index (Phi) is 6.26. The summed E-state index contributed by atoms with van der Waals surface area (Å²) >= 11 is 5.15. The fourth-order valence-electron chi connectivity index (χ4n) is 4.66. The molecule has 3 heterocycles. The quantitative estimate of drug-likeness (QED) is 0.218. The molecule has 0 unspecified atom stereocenters. The van der Waals surface area contributed by atoms with Crippen molar-refractivity contribution in [1.82, 2.24) is 14.4 Å². The number of anilines is 1. The van der Waals surface area contributed by atoms with Gasteiger partial charge in [-0.3, -0.25) is 29.5 Å². The minimum absolute atomic E-state index is 0.0188. The van der Waals surface area contributed by atoms with Crippen LogP contribution >= 0.6 is 12.2 Å². The first-order chi connectivity index (χ1) is 16.1. The second-order valence-electron chi connectivity index (χ2n) is 8.71. The maximum Gasteiger partial charge on any atom is 0.294 e. The number of hydrogen-bond donors (Lipinski definition) is 0. The standard InChI is InChI=1S/C24H27N5O4S/c1-15-12-17(13-19-22(30)25(3)24(34)26(4)23(19)31)16(2)28(15)18-8-9-20(21(14-18)29(32)33)27-10-6-5-7-11-27/h8-9,12-14H,5-7,10-11H2,1-4H3. The fourth-order valence-corrected chi connectivity index (χ4v) is 4.83. The number of carbonyl (C=O) groups is 2. The lowest BCUT2D eigenvalue weighted by Crippen LogP contribution is -2.52. The smallest absolute Gasteiger partial charge is 0.294 e. The third-order valence-electron chi connectivity index (χ3n) is 6.52. The van der Waals surface area contributed by atoms with E-state index in [1.165, 1.54) is 23.9 Å². The summed E-state index contributed by atoms with van der Waals surface area (Å²) in [7, 11) is 3.07. The number of aryl methyl sites for hydroxylation is 1. The van der Waals surface area contributed by atoms with Crippen LogP contribution in [0, 0.1) is 24.0 Å². The molecule has 0 aliphatic carbocycles. The minimum Gasteiger partial charge on any atom is -0.366 e. The summed E-state index contributed by atoms with van der Waals surface area (Å²) in [5, 5.41) is 12.1. The number of benzene rings is 1. The van der Waals surface area contributed by atoms with Gasteiger partial charge in [0.15, 0.2) is 5.11 Å². The van der Waals surface area contributed by atoms with E-state index in [9.17, 15) is 19.7 Å². The summed E-state index contributed by atoms with van der Waals surface area (Å²) in [6.45, 7) is 5.37. The van der Waals surface area contributed by atoms with Crippen LogP contribution in [0.1, 0.15) is 36.2 Å². The number of hydrogen-bond acceptors (Lipinski definition) is 6. The molecule has 0 saturated carbocycles. The van der Waals surface area contributed by atoms with Crippen LogP contribution in [0.25, 0.3) is 11.8 Å². The van der Waals surface area contributed by atoms with Gasteiger partial charge in [0, 0.05) is 44.6 Å². The molecule has 9 nitrogen and oxygen atoms in total. The van der Waals surface area contributed by atoms with Crippen molar-refractivity contribution in [1.29, 1.82) is 0 Å². The summed E-state index contributed by atoms with van der Waals surface area (Å²) in [5.74, 6) is -0.918. The van der Waals surface area contributed by atoms with Crippen molar-refractivity contribution in [3.8, 4) is 5.69 Å². The van der Waals surface area contributed by atoms with E-state index in [1.807, 2.05) is 36.6 Å². The third-order valence-corrected chi connectivity index (χ3v) is 7.07. The molecule has 2 aliphatic rings. The lowest BCUT2D eigenvalue weighted by Gasteiger charge is -2.31. The van der Waals surface area contributed by atoms with Crippen LogP contribution in [0.2, 0.25) is 0 Å². The highest BCUT2D eigenvalue weighted by molar-refractivity contribution is 7.80. The number of nitro benzene ring substituents is 1. The minimum atomic E-state index is -0.459. The normalized spacial score (nSPS) is 17.0. The van der Waals surface area contributed by atoms with Gasteiger partial charge < -0.3 is 9.47 Å². The molecule has 0 atom stereocenters. The highest BCUT2D eigenvalue weighted by Crippen LogP contribution is 2.34. The third kappa shape index (κ3) is 3.98. The Bertz CT molecular complexity index is 1220. The van der Waals surface area contributed by atoms with Crippen LogP contribution in [-0.2, 0) is 9.59 Å². The van der Waals surface area contributed by atoms with E-state index in [0.717, 1.165) is 43.7 Å². The second kappa shape index (κ2) is 9.02. The number of nitro groups is 1. The van der Waals surface area contributed by atoms with Crippen molar-refractivity contribution in [2.24, 2.45) is 0 Å². The Balaban J connectivity index is 1.76. The number of nitrogens with zero attached hydrogens (tertiary/aromatic N) is 5. The molecule has 34 heavy (non-hydrogen) atoms. The summed E-state index contributed by atoms with van der Waals surface area (Å²) in [4.78, 5) is 41.6. The second-order valence-corrected chi connectivity index (χ2v) is 9.07. The van der Waals surface area contributed by atoms with Gasteiger partial charge in [0.1, 0.15) is 11.3 Å². The summed E-state index contributed by atoms with van der Waals surface area (Å²) in [6.07, 6.45) is 4.76. The molecule has 178 valence electrons. The zero-order chi connectivity index (χ0) is 24.7. The number of likely N-dealkylation sites (N-methyl/N-ethyl adjacent to an activating group) is 2. The van der Waals surface area contributed by atoms with Gasteiger partial charge in [-0.2, -0.15) is 0 Å². The van der Waals surface area contributed by atoms with Crippen LogP contribution in [-0.4, -0.2) is 63.4 Å². The zero-order valence-corrected chi connectivity index (χ0v) is 20.5. The largest absolute Gasteiger partial charge is 0.366 e. The van der Waals surface area contributed by atoms with E-state index >= 15 is 0 Å². The molecule has 1 aromatic heterocycles. The molecule has 0 spiro atoms. The number of amides is 2. The molecule has 10 heteroatoms. The number of rotatable bonds is 4. The Hall–Kier alpha value is -3.53. The number of aromatic nitrogens is 1. The van der Waals surface area contributed by atoms with Gasteiger partial charge in [-0.25, -0.2) is 0 Å². The lowest BCUT2D eigenvalue weighted by atomic mass is 10.1. The topological polar surface area (TPSA) is 91.9 Å². The SMILES string of the molecule is Cc1cc(C=C2C(=O)N(C)C(=S)N(C)C2=O)c(C)n1-c1ccc(N2CCCCC2)c([N+](=O)[O-])c1. The average Bonchev–Trinajstić information content (AvgIpc) is 3.11. The van der Waals surface area contributed by atoms with Crippen molar-refractivity contribution in [3.63, 3.8) is 0 Å². The molecule has 4 rings (SSSR count). The van der Waals surface area contributed by atoms with E-state index in [4.69, 9.17) is 12.2 Å². The first kappa shape index (κ1) is 23.6. The maximum absolute atomic E-state index is 12.7. The van der Waals surface area contributed by atoms with E-state index in [-0.39, 0.29) is 21.3 Å². The molecule has 2 saturated heterocycles. The molecule has 0 radical (unpaired) electrons. The van der Waals surface area contributed by atoms with E-state index in [1.54, 1.807) is 12.1 Å². The van der Waals surface area contributed by atoms with E-state index in [2.05, 4.69) is 4.90 Å². The zero-order valence-electron chi connectivity index (χ0n) is 19.7. The summed E-state index contributed by atoms with van der Waals surface area (Å²) in [6, 6.07) is 7.15. The maximum atomic E-state index is 12.7. The Labute approximate surface area is 203 Å². The molecule has 1 aromatic carbocycles. The Morgan fingerprint density at radius 2 is 1.62 bits per heavy atom. The van der Waals surface area contributed by atoms with Gasteiger partial charge in [0.05, 0.1) is 10.6 Å². The molecule has 0 bridgehead atoms. The first-order valence-electron chi connectivity index (χ1n) is 11.2. The van der Waals surface area contributed by atoms with E-state index < -0.39 is 11.8 Å². The lowest BCUT2D eigenvalue weighted by molar-refractivity contribution is -0.384. The van der Waals surface area contributed by atoms with Gasteiger partial charge in [-0.1, -0.05) is 0 Å². The molecule has 2 aromatic rings. The molecular formula is C24H27N5O4S. The molecule has 2 aliphatic heterocycles. The van der Waals surface area contributed by atoms with Gasteiger partial charge >= 0.3 is 0 Å². The Morgan fingerprint density at radius 1 is 1.00 bits per heavy atom. The van der Waals surface area contributed by atoms with Crippen molar-refractivity contribution >= 4 is 46.6 Å². The molecule has 2 amide bonds. The number of carbonyl (C=O) groups excluding carboxylic acids is 2. The summed E-state index contributed by atoms with van der Waals surface area (Å²) in [5.41, 5.74) is 3.67. The average molecular weight is 482 g/mol. The van der Waals surface area contributed by atoms with Crippen LogP contribution in [0.5, 0.6) is 0 Å². The van der Waals surface area contributed by atoms with Gasteiger partial charge in [0.25, 0.3) is 17.5 Å². The van der Waals surface area contributed by atoms with Crippen molar-refractivity contribution in [2.45, 2.75) is 33.1 Å². The van der Waals surface area contributed by atoms with Gasteiger partial charge in [-0.15, -0.1) is 0 Å². The number of piperidine rings is 1. The Morgan fingerprint density at radius 3 is 2.21 bits per heavy atom. The summed E-state index contributed by atoms with van der Waals surface area (Å²) < 4.78 is 1.90. The number of thiocarbonyl (C=S) groups is 1. The van der Waals surface area contributed by atoms with Gasteiger partial charge in [0.2, 0.25) is 0 Å². The van der Waals surface area contributed by atoms with Crippen molar-refractivity contribution in [3.05, 3.63) is 56.9 Å². The molecular weight excluding hydrogens is 454 g/mol. The predicted molar refractivity (Wildman–Crippen MR) is 134 cm³/mol. The van der Waals surface area contributed by atoms with E-state index in [0.29, 0.717) is 16.9 Å². The van der Waals surface area contributed by atoms with Crippen molar-refractivity contribution < 1.29 is 14.5 Å². The highest BCUT2D eigenvalue weighted by Gasteiger charge is 2.35. The molecule has 2 fully saturated rings. The first-order valence-corrected chi connectivity index (χ1v) is 11.6. The fraction of sp³-hybridized carbons (Fsp3) is 0.375. The molecule has 0 N–H and O–H groups in total. The van der Waals surface area contributed by atoms with Crippen LogP contribution in [0.3, 0.4) is 0 Å². The van der Waals surface area contributed by atoms with Crippen LogP contribution < -0.4 is 4.90 Å². The van der Waals surface area contributed by atoms with Crippen molar-refractivity contribution in [2.75, 3.05) is 32.1 Å². The monoisotopic (exact) mass is 481 g/mol. The highest BCUT2D eigenvalue weighted by atomic mass is 32.1. The van der Waals surface area contributed by atoms with Crippen LogP contribution in [0.15, 0.2) is 29.8 Å².